The van der Waals surface area contributed by atoms with Gasteiger partial charge < -0.3 is 19.2 Å². The number of ether oxygens (including phenoxy) is 2. The third kappa shape index (κ3) is 5.01. The van der Waals surface area contributed by atoms with E-state index < -0.39 is 0 Å². The third-order valence-corrected chi connectivity index (χ3v) is 6.97. The molecule has 2 amide bonds. The topological polar surface area (TPSA) is 102 Å². The van der Waals surface area contributed by atoms with Crippen molar-refractivity contribution >= 4 is 17.5 Å². The quantitative estimate of drug-likeness (QED) is 0.332. The molecule has 196 valence electrons. The third-order valence-electron chi connectivity index (χ3n) is 6.97. The van der Waals surface area contributed by atoms with Gasteiger partial charge in [-0.1, -0.05) is 48.5 Å². The van der Waals surface area contributed by atoms with Crippen molar-refractivity contribution in [3.05, 3.63) is 107 Å². The molecule has 2 heterocycles. The molecule has 4 aromatic rings. The zero-order chi connectivity index (χ0) is 26.8. The number of furan rings is 1. The Hall–Kier alpha value is -4.85. The fourth-order valence-electron chi connectivity index (χ4n) is 4.94. The standard InChI is InChI=1S/C31H27N3O5/c1-19-28-24(33-34-30(35)23-13-11-22(12-14-23)21-6-3-2-4-7-21)8-5-9-26(28)39-29(19)31(36)32-17-20-10-15-25-27(16-20)38-18-37-25/h2-4,6-7,10-16H,5,8-9,17-18H2,1H3,(H,32,36)(H,34,35)/b33-24+. The highest BCUT2D eigenvalue weighted by Gasteiger charge is 2.28. The Bertz CT molecular complexity index is 1570. The predicted molar refractivity (Wildman–Crippen MR) is 146 cm³/mol. The minimum absolute atomic E-state index is 0.202. The lowest BCUT2D eigenvalue weighted by atomic mass is 9.93. The number of hydrogen-bond acceptors (Lipinski definition) is 6. The van der Waals surface area contributed by atoms with Crippen molar-refractivity contribution in [3.63, 3.8) is 0 Å². The van der Waals surface area contributed by atoms with Crippen LogP contribution in [0.15, 0.2) is 82.3 Å². The monoisotopic (exact) mass is 521 g/mol. The second kappa shape index (κ2) is 10.5. The number of carbonyl (C=O) groups excluding carboxylic acids is 2. The Morgan fingerprint density at radius 2 is 1.64 bits per heavy atom. The van der Waals surface area contributed by atoms with Gasteiger partial charge in [-0.15, -0.1) is 0 Å². The highest BCUT2D eigenvalue weighted by atomic mass is 16.7. The minimum Gasteiger partial charge on any atom is -0.455 e. The molecular formula is C31H27N3O5. The van der Waals surface area contributed by atoms with E-state index in [-0.39, 0.29) is 24.4 Å². The lowest BCUT2D eigenvalue weighted by Gasteiger charge is -2.13. The van der Waals surface area contributed by atoms with Gasteiger partial charge in [0, 0.05) is 29.7 Å². The first-order valence-corrected chi connectivity index (χ1v) is 12.9. The maximum absolute atomic E-state index is 13.0. The summed E-state index contributed by atoms with van der Waals surface area (Å²) in [5, 5.41) is 7.36. The van der Waals surface area contributed by atoms with Crippen molar-refractivity contribution in [2.75, 3.05) is 6.79 Å². The van der Waals surface area contributed by atoms with Gasteiger partial charge in [0.25, 0.3) is 11.8 Å². The number of amides is 2. The highest BCUT2D eigenvalue weighted by molar-refractivity contribution is 6.07. The van der Waals surface area contributed by atoms with Gasteiger partial charge >= 0.3 is 0 Å². The molecule has 1 aliphatic heterocycles. The molecule has 8 nitrogen and oxygen atoms in total. The summed E-state index contributed by atoms with van der Waals surface area (Å²) in [6.07, 6.45) is 2.21. The average Bonchev–Trinajstić information content (AvgIpc) is 3.59. The van der Waals surface area contributed by atoms with Crippen molar-refractivity contribution in [2.24, 2.45) is 5.10 Å². The van der Waals surface area contributed by atoms with E-state index in [4.69, 9.17) is 13.9 Å². The highest BCUT2D eigenvalue weighted by Crippen LogP contribution is 2.33. The predicted octanol–water partition coefficient (Wildman–Crippen LogP) is 5.38. The van der Waals surface area contributed by atoms with Crippen LogP contribution in [-0.2, 0) is 13.0 Å². The summed E-state index contributed by atoms with van der Waals surface area (Å²) in [4.78, 5) is 25.8. The lowest BCUT2D eigenvalue weighted by Crippen LogP contribution is -2.23. The largest absolute Gasteiger partial charge is 0.455 e. The summed E-state index contributed by atoms with van der Waals surface area (Å²) in [5.74, 6) is 1.74. The van der Waals surface area contributed by atoms with Crippen LogP contribution in [-0.4, -0.2) is 24.3 Å². The van der Waals surface area contributed by atoms with Crippen LogP contribution < -0.4 is 20.2 Å². The Kier molecular flexibility index (Phi) is 6.59. The first-order valence-electron chi connectivity index (χ1n) is 12.9. The number of carbonyl (C=O) groups is 2. The van der Waals surface area contributed by atoms with Crippen molar-refractivity contribution in [1.29, 1.82) is 0 Å². The number of hydrogen-bond donors (Lipinski definition) is 2. The SMILES string of the molecule is Cc1c(C(=O)NCc2ccc3c(c2)OCO3)oc2c1/C(=N/NC(=O)c1ccc(-c3ccccc3)cc1)CCC2. The van der Waals surface area contributed by atoms with Crippen LogP contribution in [0.25, 0.3) is 11.1 Å². The number of rotatable bonds is 6. The first-order chi connectivity index (χ1) is 19.1. The van der Waals surface area contributed by atoms with Gasteiger partial charge in [-0.25, -0.2) is 5.43 Å². The molecule has 3 aromatic carbocycles. The smallest absolute Gasteiger partial charge is 0.287 e. The van der Waals surface area contributed by atoms with Crippen LogP contribution in [0.5, 0.6) is 11.5 Å². The Labute approximate surface area is 225 Å². The molecule has 0 spiro atoms. The lowest BCUT2D eigenvalue weighted by molar-refractivity contribution is 0.0919. The summed E-state index contributed by atoms with van der Waals surface area (Å²) in [7, 11) is 0. The van der Waals surface area contributed by atoms with E-state index in [1.807, 2.05) is 67.6 Å². The Morgan fingerprint density at radius 1 is 0.872 bits per heavy atom. The van der Waals surface area contributed by atoms with Crippen LogP contribution in [0.3, 0.4) is 0 Å². The summed E-state index contributed by atoms with van der Waals surface area (Å²) >= 11 is 0. The number of benzene rings is 3. The van der Waals surface area contributed by atoms with Gasteiger partial charge in [0.1, 0.15) is 5.76 Å². The van der Waals surface area contributed by atoms with Crippen LogP contribution in [0.1, 0.15) is 56.2 Å². The van der Waals surface area contributed by atoms with Crippen LogP contribution in [0.2, 0.25) is 0 Å². The number of hydrazone groups is 1. The fraction of sp³-hybridized carbons (Fsp3) is 0.194. The maximum atomic E-state index is 13.0. The molecule has 0 radical (unpaired) electrons. The molecule has 39 heavy (non-hydrogen) atoms. The van der Waals surface area contributed by atoms with Crippen LogP contribution in [0, 0.1) is 6.92 Å². The zero-order valence-electron chi connectivity index (χ0n) is 21.5. The number of aryl methyl sites for hydroxylation is 1. The van der Waals surface area contributed by atoms with E-state index in [9.17, 15) is 9.59 Å². The maximum Gasteiger partial charge on any atom is 0.287 e. The van der Waals surface area contributed by atoms with Gasteiger partial charge in [-0.2, -0.15) is 5.10 Å². The average molecular weight is 522 g/mol. The van der Waals surface area contributed by atoms with Gasteiger partial charge in [0.15, 0.2) is 17.3 Å². The molecule has 2 N–H and O–H groups in total. The van der Waals surface area contributed by atoms with Gasteiger partial charge in [0.2, 0.25) is 6.79 Å². The van der Waals surface area contributed by atoms with Crippen molar-refractivity contribution in [3.8, 4) is 22.6 Å². The molecule has 1 aromatic heterocycles. The first kappa shape index (κ1) is 24.5. The Balaban J connectivity index is 1.14. The summed E-state index contributed by atoms with van der Waals surface area (Å²) < 4.78 is 16.7. The zero-order valence-corrected chi connectivity index (χ0v) is 21.5. The normalized spacial score (nSPS) is 14.6. The van der Waals surface area contributed by atoms with E-state index in [2.05, 4.69) is 15.8 Å². The molecule has 0 fully saturated rings. The van der Waals surface area contributed by atoms with E-state index in [1.54, 1.807) is 12.1 Å². The molecule has 1 aliphatic carbocycles. The molecule has 6 rings (SSSR count). The van der Waals surface area contributed by atoms with Crippen molar-refractivity contribution < 1.29 is 23.5 Å². The molecule has 0 saturated heterocycles. The summed E-state index contributed by atoms with van der Waals surface area (Å²) in [6.45, 7) is 2.37. The summed E-state index contributed by atoms with van der Waals surface area (Å²) in [6, 6.07) is 23.0. The second-order valence-corrected chi connectivity index (χ2v) is 9.52. The summed E-state index contributed by atoms with van der Waals surface area (Å²) in [5.41, 5.74) is 8.44. The fourth-order valence-corrected chi connectivity index (χ4v) is 4.94. The van der Waals surface area contributed by atoms with Crippen LogP contribution in [0.4, 0.5) is 0 Å². The van der Waals surface area contributed by atoms with E-state index >= 15 is 0 Å². The second-order valence-electron chi connectivity index (χ2n) is 9.52. The number of fused-ring (bicyclic) bond motifs is 2. The van der Waals surface area contributed by atoms with Crippen molar-refractivity contribution in [2.45, 2.75) is 32.7 Å². The number of nitrogens with one attached hydrogen (secondary N) is 2. The van der Waals surface area contributed by atoms with E-state index in [1.165, 1.54) is 0 Å². The number of nitrogens with zero attached hydrogens (tertiary/aromatic N) is 1. The Morgan fingerprint density at radius 3 is 2.46 bits per heavy atom. The molecule has 0 bridgehead atoms. The molecule has 0 atom stereocenters. The van der Waals surface area contributed by atoms with E-state index in [0.717, 1.165) is 28.7 Å². The molecule has 0 saturated carbocycles. The van der Waals surface area contributed by atoms with Gasteiger partial charge in [-0.3, -0.25) is 9.59 Å². The van der Waals surface area contributed by atoms with Gasteiger partial charge in [0.05, 0.1) is 5.71 Å². The van der Waals surface area contributed by atoms with E-state index in [0.29, 0.717) is 53.5 Å². The van der Waals surface area contributed by atoms with Gasteiger partial charge in [-0.05, 0) is 60.7 Å². The molecular weight excluding hydrogens is 494 g/mol. The molecule has 0 unspecified atom stereocenters. The van der Waals surface area contributed by atoms with Crippen molar-refractivity contribution in [1.82, 2.24) is 10.7 Å². The van der Waals surface area contributed by atoms with Crippen LogP contribution >= 0.6 is 0 Å². The minimum atomic E-state index is -0.304. The molecule has 2 aliphatic rings. The molecule has 8 heteroatoms.